The zero-order chi connectivity index (χ0) is 8.77. The average Bonchev–Trinajstić information content (AvgIpc) is 2.25. The molecule has 1 nitrogen and oxygen atoms in total. The first-order valence-electron chi connectivity index (χ1n) is 5.01. The van der Waals surface area contributed by atoms with Crippen molar-refractivity contribution in [3.63, 3.8) is 0 Å². The summed E-state index contributed by atoms with van der Waals surface area (Å²) in [5.74, 6) is 1.15. The Labute approximate surface area is 74.5 Å². The van der Waals surface area contributed by atoms with Gasteiger partial charge in [0.15, 0.2) is 0 Å². The number of hydrogen-bond donors (Lipinski definition) is 1. The molecule has 0 heterocycles. The maximum Gasteiger partial charge on any atom is 0.0690 e. The molecule has 12 heavy (non-hydrogen) atoms. The summed E-state index contributed by atoms with van der Waals surface area (Å²) >= 11 is 0. The molecule has 0 radical (unpaired) electrons. The summed E-state index contributed by atoms with van der Waals surface area (Å²) in [6, 6.07) is 0. The maximum atomic E-state index is 10.1. The normalized spacial score (nSPS) is 47.7. The van der Waals surface area contributed by atoms with Crippen LogP contribution in [0.15, 0.2) is 12.2 Å². The third-order valence-corrected chi connectivity index (χ3v) is 3.67. The first kappa shape index (κ1) is 8.31. The summed E-state index contributed by atoms with van der Waals surface area (Å²) in [4.78, 5) is 0. The quantitative estimate of drug-likeness (QED) is 0.548. The lowest BCUT2D eigenvalue weighted by molar-refractivity contribution is -0.00194. The van der Waals surface area contributed by atoms with Gasteiger partial charge in [-0.1, -0.05) is 25.0 Å². The van der Waals surface area contributed by atoms with Crippen LogP contribution in [0.2, 0.25) is 0 Å². The minimum Gasteiger partial charge on any atom is -0.390 e. The largest absolute Gasteiger partial charge is 0.390 e. The number of aliphatic hydroxyl groups is 1. The topological polar surface area (TPSA) is 20.2 Å². The molecular formula is C11H18O. The van der Waals surface area contributed by atoms with E-state index < -0.39 is 5.60 Å². The molecule has 2 rings (SSSR count). The summed E-state index contributed by atoms with van der Waals surface area (Å²) in [5, 5.41) is 10.1. The minimum absolute atomic E-state index is 0.442. The Morgan fingerprint density at radius 1 is 1.42 bits per heavy atom. The van der Waals surface area contributed by atoms with Crippen LogP contribution in [0.1, 0.15) is 39.0 Å². The van der Waals surface area contributed by atoms with Gasteiger partial charge in [0.1, 0.15) is 0 Å². The summed E-state index contributed by atoms with van der Waals surface area (Å²) in [7, 11) is 0. The highest BCUT2D eigenvalue weighted by Gasteiger charge is 2.46. The molecule has 0 aromatic carbocycles. The summed E-state index contributed by atoms with van der Waals surface area (Å²) in [5.41, 5.74) is 0.854. The first-order valence-corrected chi connectivity index (χ1v) is 5.01. The van der Waals surface area contributed by atoms with Gasteiger partial charge in [-0.25, -0.2) is 0 Å². The second-order valence-electron chi connectivity index (χ2n) is 4.69. The van der Waals surface area contributed by atoms with Crippen LogP contribution in [0, 0.1) is 11.8 Å². The molecule has 68 valence electrons. The van der Waals surface area contributed by atoms with Crippen molar-refractivity contribution in [2.45, 2.75) is 44.6 Å². The van der Waals surface area contributed by atoms with Crippen molar-refractivity contribution in [3.8, 4) is 0 Å². The fourth-order valence-corrected chi connectivity index (χ4v) is 3.09. The molecule has 1 N–H and O–H groups in total. The lowest BCUT2D eigenvalue weighted by atomic mass is 9.76. The SMILES string of the molecule is C=C1CC(C)(O)[C@H]2CCCC[C@@H]12. The molecule has 0 aromatic heterocycles. The Hall–Kier alpha value is -0.300. The third-order valence-electron chi connectivity index (χ3n) is 3.67. The lowest BCUT2D eigenvalue weighted by Gasteiger charge is -2.32. The Morgan fingerprint density at radius 3 is 2.75 bits per heavy atom. The van der Waals surface area contributed by atoms with E-state index in [0.717, 1.165) is 6.42 Å². The van der Waals surface area contributed by atoms with Crippen molar-refractivity contribution in [3.05, 3.63) is 12.2 Å². The van der Waals surface area contributed by atoms with Gasteiger partial charge in [-0.15, -0.1) is 0 Å². The van der Waals surface area contributed by atoms with Crippen molar-refractivity contribution in [1.29, 1.82) is 0 Å². The van der Waals surface area contributed by atoms with Crippen LogP contribution in [0.5, 0.6) is 0 Å². The van der Waals surface area contributed by atoms with E-state index in [2.05, 4.69) is 6.58 Å². The highest BCUT2D eigenvalue weighted by molar-refractivity contribution is 5.17. The van der Waals surface area contributed by atoms with E-state index in [1.165, 1.54) is 31.3 Å². The molecule has 2 aliphatic rings. The van der Waals surface area contributed by atoms with Gasteiger partial charge >= 0.3 is 0 Å². The van der Waals surface area contributed by atoms with Gasteiger partial charge in [-0.05, 0) is 38.0 Å². The van der Waals surface area contributed by atoms with Crippen LogP contribution in [0.3, 0.4) is 0 Å². The zero-order valence-corrected chi connectivity index (χ0v) is 7.84. The van der Waals surface area contributed by atoms with Crippen LogP contribution in [-0.4, -0.2) is 10.7 Å². The Morgan fingerprint density at radius 2 is 2.08 bits per heavy atom. The predicted molar refractivity (Wildman–Crippen MR) is 49.8 cm³/mol. The molecule has 0 aliphatic heterocycles. The van der Waals surface area contributed by atoms with Gasteiger partial charge in [0.2, 0.25) is 0 Å². The van der Waals surface area contributed by atoms with Gasteiger partial charge in [0.05, 0.1) is 5.60 Å². The van der Waals surface area contributed by atoms with Crippen molar-refractivity contribution >= 4 is 0 Å². The highest BCUT2D eigenvalue weighted by atomic mass is 16.3. The average molecular weight is 166 g/mol. The second-order valence-corrected chi connectivity index (χ2v) is 4.69. The van der Waals surface area contributed by atoms with Crippen molar-refractivity contribution < 1.29 is 5.11 Å². The molecule has 0 amide bonds. The van der Waals surface area contributed by atoms with Gasteiger partial charge in [0.25, 0.3) is 0 Å². The molecule has 1 heteroatoms. The Balaban J connectivity index is 2.22. The van der Waals surface area contributed by atoms with E-state index in [0.29, 0.717) is 11.8 Å². The van der Waals surface area contributed by atoms with Crippen LogP contribution in [0.25, 0.3) is 0 Å². The van der Waals surface area contributed by atoms with E-state index in [1.54, 1.807) is 0 Å². The maximum absolute atomic E-state index is 10.1. The smallest absolute Gasteiger partial charge is 0.0690 e. The molecule has 3 atom stereocenters. The van der Waals surface area contributed by atoms with Gasteiger partial charge in [-0.3, -0.25) is 0 Å². The van der Waals surface area contributed by atoms with Crippen molar-refractivity contribution in [2.24, 2.45) is 11.8 Å². The molecule has 0 bridgehead atoms. The fraction of sp³-hybridized carbons (Fsp3) is 0.818. The molecule has 0 saturated heterocycles. The molecular weight excluding hydrogens is 148 g/mol. The van der Waals surface area contributed by atoms with Crippen LogP contribution < -0.4 is 0 Å². The first-order chi connectivity index (χ1) is 5.61. The molecule has 2 aliphatic carbocycles. The van der Waals surface area contributed by atoms with Crippen molar-refractivity contribution in [2.75, 3.05) is 0 Å². The summed E-state index contributed by atoms with van der Waals surface area (Å²) < 4.78 is 0. The van der Waals surface area contributed by atoms with Crippen LogP contribution in [-0.2, 0) is 0 Å². The predicted octanol–water partition coefficient (Wildman–Crippen LogP) is 2.50. The minimum atomic E-state index is -0.442. The van der Waals surface area contributed by atoms with Crippen LogP contribution in [0.4, 0.5) is 0 Å². The fourth-order valence-electron chi connectivity index (χ4n) is 3.09. The third kappa shape index (κ3) is 1.11. The van der Waals surface area contributed by atoms with E-state index in [9.17, 15) is 5.11 Å². The Kier molecular flexibility index (Phi) is 1.80. The number of hydrogen-bond acceptors (Lipinski definition) is 1. The number of rotatable bonds is 0. The van der Waals surface area contributed by atoms with E-state index in [1.807, 2.05) is 6.92 Å². The summed E-state index contributed by atoms with van der Waals surface area (Å²) in [6.45, 7) is 6.05. The van der Waals surface area contributed by atoms with E-state index in [4.69, 9.17) is 0 Å². The van der Waals surface area contributed by atoms with E-state index >= 15 is 0 Å². The molecule has 0 aromatic rings. The van der Waals surface area contributed by atoms with Crippen LogP contribution >= 0.6 is 0 Å². The highest BCUT2D eigenvalue weighted by Crippen LogP contribution is 2.50. The second kappa shape index (κ2) is 2.59. The molecule has 0 spiro atoms. The van der Waals surface area contributed by atoms with Gasteiger partial charge in [-0.2, -0.15) is 0 Å². The number of fused-ring (bicyclic) bond motifs is 1. The monoisotopic (exact) mass is 166 g/mol. The van der Waals surface area contributed by atoms with Gasteiger partial charge < -0.3 is 5.11 Å². The Bertz CT molecular complexity index is 205. The molecule has 2 fully saturated rings. The molecule has 1 unspecified atom stereocenters. The lowest BCUT2D eigenvalue weighted by Crippen LogP contribution is -2.33. The van der Waals surface area contributed by atoms with E-state index in [-0.39, 0.29) is 0 Å². The van der Waals surface area contributed by atoms with Crippen molar-refractivity contribution in [1.82, 2.24) is 0 Å². The standard InChI is InChI=1S/C11H18O/c1-8-7-11(2,12)10-6-4-3-5-9(8)10/h9-10,12H,1,3-7H2,2H3/t9-,10-,11?/m0/s1. The molecule has 2 saturated carbocycles. The van der Waals surface area contributed by atoms with Gasteiger partial charge in [0, 0.05) is 0 Å². The zero-order valence-electron chi connectivity index (χ0n) is 7.84. The summed E-state index contributed by atoms with van der Waals surface area (Å²) in [6.07, 6.45) is 5.93.